The molecular formula is C18H17FN2O3. The largest absolute Gasteiger partial charge is 0.503 e. The van der Waals surface area contributed by atoms with Crippen LogP contribution in [0.4, 0.5) is 4.39 Å². The summed E-state index contributed by atoms with van der Waals surface area (Å²) in [5, 5.41) is 18.9. The zero-order valence-corrected chi connectivity index (χ0v) is 12.9. The van der Waals surface area contributed by atoms with Crippen LogP contribution in [0.1, 0.15) is 16.8 Å². The van der Waals surface area contributed by atoms with Crippen molar-refractivity contribution in [2.75, 3.05) is 19.7 Å². The average Bonchev–Trinajstić information content (AvgIpc) is 2.87. The highest BCUT2D eigenvalue weighted by atomic mass is 19.1. The smallest absolute Gasteiger partial charge is 0.289 e. The summed E-state index contributed by atoms with van der Waals surface area (Å²) in [5.41, 5.74) is 2.91. The molecule has 1 amide bonds. The minimum absolute atomic E-state index is 0.156. The highest BCUT2D eigenvalue weighted by molar-refractivity contribution is 6.03. The van der Waals surface area contributed by atoms with Crippen LogP contribution < -0.4 is 0 Å². The second-order valence-corrected chi connectivity index (χ2v) is 5.63. The molecule has 1 aliphatic rings. The maximum absolute atomic E-state index is 12.9. The number of hydrogen-bond acceptors (Lipinski definition) is 4. The van der Waals surface area contributed by atoms with Crippen molar-refractivity contribution < 1.29 is 19.4 Å². The van der Waals surface area contributed by atoms with Crippen LogP contribution in [0.15, 0.2) is 48.4 Å². The van der Waals surface area contributed by atoms with Crippen LogP contribution in [0.5, 0.6) is 0 Å². The Morgan fingerprint density at radius 1 is 1.12 bits per heavy atom. The van der Waals surface area contributed by atoms with Crippen molar-refractivity contribution in [3.05, 3.63) is 71.0 Å². The number of hydrogen-bond donors (Lipinski definition) is 2. The Morgan fingerprint density at radius 3 is 2.46 bits per heavy atom. The van der Waals surface area contributed by atoms with E-state index in [9.17, 15) is 14.3 Å². The first-order valence-corrected chi connectivity index (χ1v) is 7.60. The van der Waals surface area contributed by atoms with Crippen molar-refractivity contribution >= 4 is 11.5 Å². The predicted molar refractivity (Wildman–Crippen MR) is 86.7 cm³/mol. The van der Waals surface area contributed by atoms with Crippen LogP contribution >= 0.6 is 0 Å². The molecule has 2 N–H and O–H groups in total. The van der Waals surface area contributed by atoms with Gasteiger partial charge in [-0.1, -0.05) is 18.2 Å². The SMILES string of the molecule is O=C1C(O)=C(c2ccc(Cc3ccc(F)cc3)cn2)CN1CCO. The number of aliphatic hydroxyl groups is 2. The summed E-state index contributed by atoms with van der Waals surface area (Å²) in [5.74, 6) is -1.08. The van der Waals surface area contributed by atoms with Crippen molar-refractivity contribution in [2.24, 2.45) is 0 Å². The van der Waals surface area contributed by atoms with E-state index in [1.165, 1.54) is 17.0 Å². The fourth-order valence-corrected chi connectivity index (χ4v) is 2.67. The van der Waals surface area contributed by atoms with E-state index in [4.69, 9.17) is 5.11 Å². The van der Waals surface area contributed by atoms with Gasteiger partial charge in [0.25, 0.3) is 5.91 Å². The summed E-state index contributed by atoms with van der Waals surface area (Å²) in [6, 6.07) is 9.89. The fourth-order valence-electron chi connectivity index (χ4n) is 2.67. The maximum atomic E-state index is 12.9. The summed E-state index contributed by atoms with van der Waals surface area (Å²) in [6.45, 7) is 0.251. The van der Waals surface area contributed by atoms with E-state index in [0.717, 1.165) is 11.1 Å². The van der Waals surface area contributed by atoms with Gasteiger partial charge in [0, 0.05) is 18.3 Å². The third-order valence-electron chi connectivity index (χ3n) is 3.95. The number of benzene rings is 1. The lowest BCUT2D eigenvalue weighted by Crippen LogP contribution is -2.30. The molecule has 2 heterocycles. The monoisotopic (exact) mass is 328 g/mol. The van der Waals surface area contributed by atoms with Crippen molar-refractivity contribution in [1.82, 2.24) is 9.88 Å². The van der Waals surface area contributed by atoms with Crippen molar-refractivity contribution in [2.45, 2.75) is 6.42 Å². The van der Waals surface area contributed by atoms with Gasteiger partial charge < -0.3 is 15.1 Å². The number of aromatic nitrogens is 1. The topological polar surface area (TPSA) is 73.7 Å². The first-order valence-electron chi connectivity index (χ1n) is 7.60. The number of rotatable bonds is 5. The zero-order valence-electron chi connectivity index (χ0n) is 12.9. The molecule has 0 fully saturated rings. The normalized spacial score (nSPS) is 14.6. The van der Waals surface area contributed by atoms with Gasteiger partial charge in [0.2, 0.25) is 0 Å². The highest BCUT2D eigenvalue weighted by Crippen LogP contribution is 2.25. The average molecular weight is 328 g/mol. The molecule has 0 radical (unpaired) electrons. The van der Waals surface area contributed by atoms with Crippen molar-refractivity contribution in [1.29, 1.82) is 0 Å². The van der Waals surface area contributed by atoms with Gasteiger partial charge in [0.1, 0.15) is 5.82 Å². The van der Waals surface area contributed by atoms with Gasteiger partial charge in [-0.15, -0.1) is 0 Å². The van der Waals surface area contributed by atoms with Crippen LogP contribution in [0.2, 0.25) is 0 Å². The third-order valence-corrected chi connectivity index (χ3v) is 3.95. The van der Waals surface area contributed by atoms with Gasteiger partial charge >= 0.3 is 0 Å². The Hall–Kier alpha value is -2.73. The van der Waals surface area contributed by atoms with E-state index < -0.39 is 5.91 Å². The number of aliphatic hydroxyl groups excluding tert-OH is 2. The molecule has 3 rings (SSSR count). The molecule has 0 bridgehead atoms. The number of β-amino-alcohol motifs (C(OH)–C–C–N with tert-alkyl or cyclic N) is 1. The van der Waals surface area contributed by atoms with Gasteiger partial charge in [-0.3, -0.25) is 9.78 Å². The van der Waals surface area contributed by atoms with Gasteiger partial charge in [0.15, 0.2) is 5.76 Å². The Labute approximate surface area is 138 Å². The molecule has 6 heteroatoms. The van der Waals surface area contributed by atoms with Crippen LogP contribution in [0.25, 0.3) is 5.57 Å². The maximum Gasteiger partial charge on any atom is 0.289 e. The molecule has 5 nitrogen and oxygen atoms in total. The molecular weight excluding hydrogens is 311 g/mol. The Morgan fingerprint density at radius 2 is 1.83 bits per heavy atom. The van der Waals surface area contributed by atoms with Crippen molar-refractivity contribution in [3.8, 4) is 0 Å². The fraction of sp³-hybridized carbons (Fsp3) is 0.222. The Kier molecular flexibility index (Phi) is 4.57. The number of nitrogens with zero attached hydrogens (tertiary/aromatic N) is 2. The molecule has 0 aliphatic carbocycles. The lowest BCUT2D eigenvalue weighted by molar-refractivity contribution is -0.128. The molecule has 0 atom stereocenters. The molecule has 0 saturated carbocycles. The van der Waals surface area contributed by atoms with E-state index in [-0.39, 0.29) is 31.3 Å². The van der Waals surface area contributed by atoms with Crippen LogP contribution in [0.3, 0.4) is 0 Å². The van der Waals surface area contributed by atoms with E-state index in [1.807, 2.05) is 6.07 Å². The number of pyridine rings is 1. The summed E-state index contributed by atoms with van der Waals surface area (Å²) < 4.78 is 12.9. The number of carbonyl (C=O) groups excluding carboxylic acids is 1. The second-order valence-electron chi connectivity index (χ2n) is 5.63. The van der Waals surface area contributed by atoms with Crippen LogP contribution in [0, 0.1) is 5.82 Å². The first-order chi connectivity index (χ1) is 11.6. The molecule has 1 aromatic heterocycles. The van der Waals surface area contributed by atoms with Crippen LogP contribution in [-0.2, 0) is 11.2 Å². The molecule has 124 valence electrons. The molecule has 2 aromatic rings. The lowest BCUT2D eigenvalue weighted by atomic mass is 10.1. The molecule has 24 heavy (non-hydrogen) atoms. The van der Waals surface area contributed by atoms with E-state index in [2.05, 4.69) is 4.98 Å². The van der Waals surface area contributed by atoms with Gasteiger partial charge in [-0.2, -0.15) is 0 Å². The quantitative estimate of drug-likeness (QED) is 0.879. The van der Waals surface area contributed by atoms with Crippen molar-refractivity contribution in [3.63, 3.8) is 0 Å². The number of halogens is 1. The summed E-state index contributed by atoms with van der Waals surface area (Å²) in [7, 11) is 0. The summed E-state index contributed by atoms with van der Waals surface area (Å²) in [6.07, 6.45) is 2.30. The summed E-state index contributed by atoms with van der Waals surface area (Å²) in [4.78, 5) is 17.6. The zero-order chi connectivity index (χ0) is 17.1. The minimum atomic E-state index is -0.490. The molecule has 1 aromatic carbocycles. The number of amides is 1. The lowest BCUT2D eigenvalue weighted by Gasteiger charge is -2.13. The molecule has 0 unspecified atom stereocenters. The van der Waals surface area contributed by atoms with E-state index in [0.29, 0.717) is 17.7 Å². The second kappa shape index (κ2) is 6.80. The predicted octanol–water partition coefficient (Wildman–Crippen LogP) is 1.92. The standard InChI is InChI=1S/C18H17FN2O3/c19-14-4-1-12(2-5-14)9-13-3-6-16(20-10-13)15-11-21(7-8-22)18(24)17(15)23/h1-6,10,22-23H,7-9,11H2. The highest BCUT2D eigenvalue weighted by Gasteiger charge is 2.31. The Bertz CT molecular complexity index is 770. The minimum Gasteiger partial charge on any atom is -0.503 e. The molecule has 0 spiro atoms. The Balaban J connectivity index is 1.75. The van der Waals surface area contributed by atoms with Gasteiger partial charge in [-0.25, -0.2) is 4.39 Å². The van der Waals surface area contributed by atoms with Crippen LogP contribution in [-0.4, -0.2) is 45.7 Å². The molecule has 1 aliphatic heterocycles. The summed E-state index contributed by atoms with van der Waals surface area (Å²) >= 11 is 0. The van der Waals surface area contributed by atoms with Gasteiger partial charge in [0.05, 0.1) is 18.8 Å². The first kappa shape index (κ1) is 16.1. The third kappa shape index (κ3) is 3.28. The van der Waals surface area contributed by atoms with Gasteiger partial charge in [-0.05, 0) is 35.7 Å². The van der Waals surface area contributed by atoms with E-state index >= 15 is 0 Å². The molecule has 0 saturated heterocycles. The van der Waals surface area contributed by atoms with E-state index in [1.54, 1.807) is 24.4 Å². The number of carbonyl (C=O) groups is 1.